The highest BCUT2D eigenvalue weighted by Crippen LogP contribution is 2.28. The molecule has 0 bridgehead atoms. The number of carbonyl (C=O) groups is 1. The second-order valence-electron chi connectivity index (χ2n) is 4.60. The standard InChI is InChI=1S/C11H22O2/c1-7-11(6,13-8-2)9(12)10(3,4)5/h7-8H2,1-6H3. The first-order valence-corrected chi connectivity index (χ1v) is 4.96. The third kappa shape index (κ3) is 3.11. The maximum atomic E-state index is 12.0. The molecular formula is C11H22O2. The molecule has 0 aromatic heterocycles. The Hall–Kier alpha value is -0.370. The maximum absolute atomic E-state index is 12.0. The molecule has 0 fully saturated rings. The van der Waals surface area contributed by atoms with E-state index in [4.69, 9.17) is 4.74 Å². The van der Waals surface area contributed by atoms with Crippen molar-refractivity contribution in [2.45, 2.75) is 53.6 Å². The van der Waals surface area contributed by atoms with Crippen molar-refractivity contribution in [2.75, 3.05) is 6.61 Å². The average Bonchev–Trinajstić information content (AvgIpc) is 2.02. The lowest BCUT2D eigenvalue weighted by Gasteiger charge is -2.32. The first-order valence-electron chi connectivity index (χ1n) is 4.96. The summed E-state index contributed by atoms with van der Waals surface area (Å²) in [5, 5.41) is 0. The summed E-state index contributed by atoms with van der Waals surface area (Å²) >= 11 is 0. The molecule has 0 heterocycles. The van der Waals surface area contributed by atoms with E-state index in [1.165, 1.54) is 0 Å². The fourth-order valence-electron chi connectivity index (χ4n) is 1.44. The highest BCUT2D eigenvalue weighted by Gasteiger charge is 2.38. The van der Waals surface area contributed by atoms with Gasteiger partial charge in [-0.05, 0) is 20.3 Å². The molecule has 2 heteroatoms. The van der Waals surface area contributed by atoms with Gasteiger partial charge in [0.25, 0.3) is 0 Å². The Morgan fingerprint density at radius 1 is 1.15 bits per heavy atom. The summed E-state index contributed by atoms with van der Waals surface area (Å²) in [6.07, 6.45) is 0.733. The van der Waals surface area contributed by atoms with Crippen LogP contribution >= 0.6 is 0 Å². The number of rotatable bonds is 4. The molecule has 0 amide bonds. The van der Waals surface area contributed by atoms with Gasteiger partial charge in [0.15, 0.2) is 5.78 Å². The van der Waals surface area contributed by atoms with Crippen LogP contribution in [0.3, 0.4) is 0 Å². The summed E-state index contributed by atoms with van der Waals surface area (Å²) in [6, 6.07) is 0. The minimum atomic E-state index is -0.604. The molecule has 0 N–H and O–H groups in total. The zero-order valence-electron chi connectivity index (χ0n) is 9.73. The van der Waals surface area contributed by atoms with Crippen LogP contribution in [-0.4, -0.2) is 18.0 Å². The molecule has 0 aliphatic heterocycles. The van der Waals surface area contributed by atoms with Crippen LogP contribution in [0.1, 0.15) is 48.0 Å². The number of hydrogen-bond acceptors (Lipinski definition) is 2. The zero-order valence-corrected chi connectivity index (χ0v) is 9.73. The monoisotopic (exact) mass is 186 g/mol. The van der Waals surface area contributed by atoms with Crippen molar-refractivity contribution in [2.24, 2.45) is 5.41 Å². The lowest BCUT2D eigenvalue weighted by Crippen LogP contribution is -2.44. The lowest BCUT2D eigenvalue weighted by molar-refractivity contribution is -0.150. The van der Waals surface area contributed by atoms with Crippen LogP contribution in [0.25, 0.3) is 0 Å². The van der Waals surface area contributed by atoms with Crippen molar-refractivity contribution in [3.8, 4) is 0 Å². The van der Waals surface area contributed by atoms with Gasteiger partial charge in [-0.25, -0.2) is 0 Å². The van der Waals surface area contributed by atoms with Gasteiger partial charge in [0.1, 0.15) is 5.60 Å². The molecule has 0 aliphatic carbocycles. The number of carbonyl (C=O) groups excluding carboxylic acids is 1. The van der Waals surface area contributed by atoms with E-state index in [1.54, 1.807) is 0 Å². The van der Waals surface area contributed by atoms with E-state index in [1.807, 2.05) is 41.5 Å². The SMILES string of the molecule is CCOC(C)(CC)C(=O)C(C)(C)C. The van der Waals surface area contributed by atoms with Gasteiger partial charge in [-0.3, -0.25) is 4.79 Å². The smallest absolute Gasteiger partial charge is 0.169 e. The molecule has 0 aromatic carbocycles. The quantitative estimate of drug-likeness (QED) is 0.675. The van der Waals surface area contributed by atoms with E-state index in [0.29, 0.717) is 6.61 Å². The molecule has 0 aromatic rings. The maximum Gasteiger partial charge on any atom is 0.169 e. The second kappa shape index (κ2) is 4.23. The van der Waals surface area contributed by atoms with Gasteiger partial charge in [-0.1, -0.05) is 27.7 Å². The molecule has 13 heavy (non-hydrogen) atoms. The van der Waals surface area contributed by atoms with Crippen LogP contribution in [0, 0.1) is 5.41 Å². The zero-order chi connectivity index (χ0) is 10.7. The van der Waals surface area contributed by atoms with Crippen molar-refractivity contribution in [1.82, 2.24) is 0 Å². The van der Waals surface area contributed by atoms with Crippen LogP contribution in [0.15, 0.2) is 0 Å². The van der Waals surface area contributed by atoms with Gasteiger partial charge in [0.2, 0.25) is 0 Å². The van der Waals surface area contributed by atoms with E-state index in [9.17, 15) is 4.79 Å². The Labute approximate surface area is 81.7 Å². The normalized spacial score (nSPS) is 16.8. The fourth-order valence-corrected chi connectivity index (χ4v) is 1.44. The van der Waals surface area contributed by atoms with E-state index in [-0.39, 0.29) is 11.2 Å². The Bertz CT molecular complexity index is 179. The van der Waals surface area contributed by atoms with Crippen LogP contribution < -0.4 is 0 Å². The number of ketones is 1. The van der Waals surface area contributed by atoms with Gasteiger partial charge >= 0.3 is 0 Å². The van der Waals surface area contributed by atoms with Crippen LogP contribution in [0.4, 0.5) is 0 Å². The second-order valence-corrected chi connectivity index (χ2v) is 4.60. The molecule has 0 rings (SSSR count). The fraction of sp³-hybridized carbons (Fsp3) is 0.909. The van der Waals surface area contributed by atoms with E-state index >= 15 is 0 Å². The predicted molar refractivity (Wildman–Crippen MR) is 54.8 cm³/mol. The van der Waals surface area contributed by atoms with Gasteiger partial charge in [0.05, 0.1) is 0 Å². The summed E-state index contributed by atoms with van der Waals surface area (Å²) < 4.78 is 5.52. The number of hydrogen-bond donors (Lipinski definition) is 0. The van der Waals surface area contributed by atoms with Crippen LogP contribution in [-0.2, 0) is 9.53 Å². The van der Waals surface area contributed by atoms with Crippen molar-refractivity contribution >= 4 is 5.78 Å². The van der Waals surface area contributed by atoms with Crippen molar-refractivity contribution in [3.05, 3.63) is 0 Å². The number of Topliss-reactive ketones (excluding diaryl/α,β-unsaturated/α-hetero) is 1. The van der Waals surface area contributed by atoms with Crippen LogP contribution in [0.2, 0.25) is 0 Å². The van der Waals surface area contributed by atoms with Gasteiger partial charge < -0.3 is 4.74 Å². The molecule has 0 saturated heterocycles. The highest BCUT2D eigenvalue weighted by atomic mass is 16.5. The molecule has 1 unspecified atom stereocenters. The summed E-state index contributed by atoms with van der Waals surface area (Å²) in [7, 11) is 0. The number of ether oxygens (including phenoxy) is 1. The third-order valence-electron chi connectivity index (χ3n) is 2.30. The van der Waals surface area contributed by atoms with Crippen LogP contribution in [0.5, 0.6) is 0 Å². The molecule has 1 atom stereocenters. The predicted octanol–water partition coefficient (Wildman–Crippen LogP) is 2.81. The Morgan fingerprint density at radius 2 is 1.62 bits per heavy atom. The molecule has 0 radical (unpaired) electrons. The molecule has 0 saturated carbocycles. The molecule has 0 aliphatic rings. The Balaban J connectivity index is 4.67. The summed E-state index contributed by atoms with van der Waals surface area (Å²) in [4.78, 5) is 12.0. The van der Waals surface area contributed by atoms with Gasteiger partial charge in [-0.2, -0.15) is 0 Å². The first-order chi connectivity index (χ1) is 5.78. The van der Waals surface area contributed by atoms with E-state index in [0.717, 1.165) is 6.42 Å². The van der Waals surface area contributed by atoms with Crippen molar-refractivity contribution in [1.29, 1.82) is 0 Å². The lowest BCUT2D eigenvalue weighted by atomic mass is 9.80. The van der Waals surface area contributed by atoms with E-state index < -0.39 is 5.60 Å². The average molecular weight is 186 g/mol. The first kappa shape index (κ1) is 12.6. The van der Waals surface area contributed by atoms with Gasteiger partial charge in [0, 0.05) is 12.0 Å². The largest absolute Gasteiger partial charge is 0.368 e. The third-order valence-corrected chi connectivity index (χ3v) is 2.30. The Kier molecular flexibility index (Phi) is 4.11. The topological polar surface area (TPSA) is 26.3 Å². The molecule has 0 spiro atoms. The molecule has 78 valence electrons. The van der Waals surface area contributed by atoms with Gasteiger partial charge in [-0.15, -0.1) is 0 Å². The summed E-state index contributed by atoms with van der Waals surface area (Å²) in [5.74, 6) is 0.185. The minimum absolute atomic E-state index is 0.185. The molecule has 2 nitrogen and oxygen atoms in total. The van der Waals surface area contributed by atoms with E-state index in [2.05, 4.69) is 0 Å². The Morgan fingerprint density at radius 3 is 1.85 bits per heavy atom. The minimum Gasteiger partial charge on any atom is -0.368 e. The summed E-state index contributed by atoms with van der Waals surface area (Å²) in [5.41, 5.74) is -0.924. The van der Waals surface area contributed by atoms with Crippen molar-refractivity contribution < 1.29 is 9.53 Å². The summed E-state index contributed by atoms with van der Waals surface area (Å²) in [6.45, 7) is 12.2. The molecular weight excluding hydrogens is 164 g/mol. The highest BCUT2D eigenvalue weighted by molar-refractivity contribution is 5.91. The van der Waals surface area contributed by atoms with Crippen molar-refractivity contribution in [3.63, 3.8) is 0 Å².